The van der Waals surface area contributed by atoms with E-state index in [-0.39, 0.29) is 5.69 Å². The van der Waals surface area contributed by atoms with Crippen LogP contribution in [0.1, 0.15) is 25.3 Å². The first-order valence-electron chi connectivity index (χ1n) is 8.81. The van der Waals surface area contributed by atoms with Gasteiger partial charge < -0.3 is 5.11 Å². The molecule has 1 aliphatic carbocycles. The summed E-state index contributed by atoms with van der Waals surface area (Å²) in [5.74, 6) is -1.41. The highest BCUT2D eigenvalue weighted by Crippen LogP contribution is 2.44. The Morgan fingerprint density at radius 1 is 1.17 bits per heavy atom. The molecule has 0 radical (unpaired) electrons. The highest BCUT2D eigenvalue weighted by atomic mass is 16.6. The van der Waals surface area contributed by atoms with Crippen LogP contribution in [0.5, 0.6) is 0 Å². The fourth-order valence-electron chi connectivity index (χ4n) is 3.75. The minimum absolute atomic E-state index is 0.00663. The number of hydrazone groups is 1. The summed E-state index contributed by atoms with van der Waals surface area (Å²) in [4.78, 5) is 32.8. The molecule has 1 saturated carbocycles. The third-order valence-corrected chi connectivity index (χ3v) is 5.39. The van der Waals surface area contributed by atoms with Crippen molar-refractivity contribution < 1.29 is 19.7 Å². The van der Waals surface area contributed by atoms with Crippen LogP contribution in [0.2, 0.25) is 0 Å². The molecule has 10 nitrogen and oxygen atoms in total. The predicted octanol–water partition coefficient (Wildman–Crippen LogP) is 3.72. The van der Waals surface area contributed by atoms with Crippen molar-refractivity contribution in [2.75, 3.05) is 5.43 Å². The molecule has 2 atom stereocenters. The van der Waals surface area contributed by atoms with E-state index in [1.807, 2.05) is 6.07 Å². The molecule has 29 heavy (non-hydrogen) atoms. The molecule has 0 aromatic heterocycles. The van der Waals surface area contributed by atoms with E-state index in [2.05, 4.69) is 10.5 Å². The SMILES string of the molecule is C[C@@H]1/C(=N/Nc2ccc([N+](=O)[O-])cc2[N+](=O)[O-])CC[C@]1(C(=O)O)c1ccccc1. The zero-order chi connectivity index (χ0) is 21.2. The number of hydrogen-bond donors (Lipinski definition) is 2. The molecule has 2 N–H and O–H groups in total. The van der Waals surface area contributed by atoms with Crippen molar-refractivity contribution in [1.29, 1.82) is 0 Å². The predicted molar refractivity (Wildman–Crippen MR) is 105 cm³/mol. The van der Waals surface area contributed by atoms with Crippen molar-refractivity contribution in [3.05, 3.63) is 74.3 Å². The molecule has 0 aliphatic heterocycles. The fraction of sp³-hybridized carbons (Fsp3) is 0.263. The number of non-ortho nitro benzene ring substituents is 1. The summed E-state index contributed by atoms with van der Waals surface area (Å²) in [6, 6.07) is 12.1. The number of rotatable bonds is 6. The largest absolute Gasteiger partial charge is 0.481 e. The summed E-state index contributed by atoms with van der Waals surface area (Å²) in [6.45, 7) is 1.76. The Bertz CT molecular complexity index is 1010. The molecular weight excluding hydrogens is 380 g/mol. The number of nitro groups is 2. The van der Waals surface area contributed by atoms with Gasteiger partial charge in [-0.3, -0.25) is 30.4 Å². The maximum absolute atomic E-state index is 12.2. The van der Waals surface area contributed by atoms with Gasteiger partial charge >= 0.3 is 11.7 Å². The monoisotopic (exact) mass is 398 g/mol. The second-order valence-corrected chi connectivity index (χ2v) is 6.79. The van der Waals surface area contributed by atoms with Crippen LogP contribution in [0.3, 0.4) is 0 Å². The van der Waals surface area contributed by atoms with E-state index in [9.17, 15) is 30.1 Å². The third-order valence-electron chi connectivity index (χ3n) is 5.39. The summed E-state index contributed by atoms with van der Waals surface area (Å²) in [7, 11) is 0. The van der Waals surface area contributed by atoms with Crippen molar-refractivity contribution in [3.63, 3.8) is 0 Å². The van der Waals surface area contributed by atoms with Gasteiger partial charge in [0.25, 0.3) is 5.69 Å². The average Bonchev–Trinajstić information content (AvgIpc) is 3.04. The lowest BCUT2D eigenvalue weighted by molar-refractivity contribution is -0.393. The second kappa shape index (κ2) is 7.66. The number of benzene rings is 2. The lowest BCUT2D eigenvalue weighted by atomic mass is 9.73. The molecule has 10 heteroatoms. The Hall–Kier alpha value is -3.82. The first-order valence-corrected chi connectivity index (χ1v) is 8.81. The smallest absolute Gasteiger partial charge is 0.314 e. The first kappa shape index (κ1) is 19.9. The number of carbonyl (C=O) groups is 1. The molecule has 0 saturated heterocycles. The molecule has 0 heterocycles. The molecule has 2 aromatic rings. The van der Waals surface area contributed by atoms with Gasteiger partial charge in [0.05, 0.1) is 15.9 Å². The van der Waals surface area contributed by atoms with Gasteiger partial charge in [-0.1, -0.05) is 37.3 Å². The number of nitro benzene ring substituents is 2. The molecule has 3 rings (SSSR count). The van der Waals surface area contributed by atoms with E-state index in [1.165, 1.54) is 6.07 Å². The van der Waals surface area contributed by atoms with Crippen molar-refractivity contribution in [3.8, 4) is 0 Å². The molecule has 0 amide bonds. The number of carboxylic acid groups (broad SMARTS) is 1. The Morgan fingerprint density at radius 2 is 1.86 bits per heavy atom. The van der Waals surface area contributed by atoms with Gasteiger partial charge in [0, 0.05) is 17.7 Å². The molecule has 2 aromatic carbocycles. The molecule has 150 valence electrons. The Morgan fingerprint density at radius 3 is 2.45 bits per heavy atom. The Labute approximate surface area is 165 Å². The maximum Gasteiger partial charge on any atom is 0.314 e. The number of nitrogens with one attached hydrogen (secondary N) is 1. The number of carboxylic acids is 1. The quantitative estimate of drug-likeness (QED) is 0.556. The van der Waals surface area contributed by atoms with E-state index in [1.54, 1.807) is 31.2 Å². The minimum Gasteiger partial charge on any atom is -0.481 e. The molecular formula is C19H18N4O6. The van der Waals surface area contributed by atoms with Gasteiger partial charge in [-0.25, -0.2) is 0 Å². The van der Waals surface area contributed by atoms with Gasteiger partial charge in [0.15, 0.2) is 0 Å². The van der Waals surface area contributed by atoms with Crippen molar-refractivity contribution in [1.82, 2.24) is 0 Å². The average molecular weight is 398 g/mol. The van der Waals surface area contributed by atoms with Crippen LogP contribution in [0.15, 0.2) is 53.6 Å². The van der Waals surface area contributed by atoms with E-state index in [4.69, 9.17) is 0 Å². The van der Waals surface area contributed by atoms with Gasteiger partial charge in [-0.15, -0.1) is 0 Å². The van der Waals surface area contributed by atoms with Gasteiger partial charge in [0.1, 0.15) is 11.1 Å². The molecule has 0 spiro atoms. The van der Waals surface area contributed by atoms with Crippen molar-refractivity contribution in [2.45, 2.75) is 25.2 Å². The maximum atomic E-state index is 12.2. The van der Waals surface area contributed by atoms with Crippen molar-refractivity contribution in [2.24, 2.45) is 11.0 Å². The Balaban J connectivity index is 1.92. The molecule has 0 bridgehead atoms. The Kier molecular flexibility index (Phi) is 5.26. The first-order chi connectivity index (χ1) is 13.8. The van der Waals surface area contributed by atoms with Crippen molar-refractivity contribution >= 4 is 28.7 Å². The van der Waals surface area contributed by atoms with Crippen LogP contribution in [-0.4, -0.2) is 26.6 Å². The highest BCUT2D eigenvalue weighted by Gasteiger charge is 2.51. The van der Waals surface area contributed by atoms with Crippen LogP contribution in [0.4, 0.5) is 17.1 Å². The number of anilines is 1. The number of hydrogen-bond acceptors (Lipinski definition) is 7. The third kappa shape index (κ3) is 3.51. The number of aliphatic carboxylic acids is 1. The summed E-state index contributed by atoms with van der Waals surface area (Å²) in [5.41, 5.74) is 1.79. The normalized spacial score (nSPS) is 22.4. The lowest BCUT2D eigenvalue weighted by Crippen LogP contribution is -2.39. The van der Waals surface area contributed by atoms with Crippen LogP contribution in [-0.2, 0) is 10.2 Å². The number of nitrogens with zero attached hydrogens (tertiary/aromatic N) is 3. The summed E-state index contributed by atoms with van der Waals surface area (Å²) in [6.07, 6.45) is 0.743. The highest BCUT2D eigenvalue weighted by molar-refractivity contribution is 5.99. The fourth-order valence-corrected chi connectivity index (χ4v) is 3.75. The summed E-state index contributed by atoms with van der Waals surface area (Å²) < 4.78 is 0. The molecule has 1 aliphatic rings. The van der Waals surface area contributed by atoms with Crippen LogP contribution >= 0.6 is 0 Å². The lowest BCUT2D eigenvalue weighted by Gasteiger charge is -2.29. The topological polar surface area (TPSA) is 148 Å². The van der Waals surface area contributed by atoms with Crippen LogP contribution in [0.25, 0.3) is 0 Å². The van der Waals surface area contributed by atoms with Gasteiger partial charge in [-0.05, 0) is 24.5 Å². The van der Waals surface area contributed by atoms with E-state index < -0.39 is 38.5 Å². The zero-order valence-corrected chi connectivity index (χ0v) is 15.4. The van der Waals surface area contributed by atoms with Crippen LogP contribution in [0, 0.1) is 26.1 Å². The van der Waals surface area contributed by atoms with Gasteiger partial charge in [0.2, 0.25) is 0 Å². The van der Waals surface area contributed by atoms with Crippen LogP contribution < -0.4 is 5.43 Å². The van der Waals surface area contributed by atoms with E-state index in [0.29, 0.717) is 24.1 Å². The second-order valence-electron chi connectivity index (χ2n) is 6.79. The molecule has 1 fully saturated rings. The van der Waals surface area contributed by atoms with Gasteiger partial charge in [-0.2, -0.15) is 5.10 Å². The summed E-state index contributed by atoms with van der Waals surface area (Å²) >= 11 is 0. The molecule has 0 unspecified atom stereocenters. The standard InChI is InChI=1S/C19H18N4O6/c1-12-15(9-10-19(12,18(24)25)13-5-3-2-4-6-13)20-21-16-8-7-14(22(26)27)11-17(16)23(28)29/h2-8,11-12,21H,9-10H2,1H3,(H,24,25)/b20-15+/t12-,19-/m1/s1. The van der Waals surface area contributed by atoms with E-state index in [0.717, 1.165) is 12.1 Å². The minimum atomic E-state index is -1.14. The van der Waals surface area contributed by atoms with E-state index >= 15 is 0 Å². The zero-order valence-electron chi connectivity index (χ0n) is 15.4. The summed E-state index contributed by atoms with van der Waals surface area (Å²) in [5, 5.41) is 36.3.